The van der Waals surface area contributed by atoms with Gasteiger partial charge in [0, 0.05) is 12.8 Å². The number of alkyl halides is 1. The minimum absolute atomic E-state index is 0.427. The van der Waals surface area contributed by atoms with Gasteiger partial charge < -0.3 is 9.90 Å². The molecule has 0 aliphatic rings. The molecule has 104 valence electrons. The number of ketones is 1. The van der Waals surface area contributed by atoms with Gasteiger partial charge >= 0.3 is 11.0 Å². The summed E-state index contributed by atoms with van der Waals surface area (Å²) in [5.74, 6) is -2.59. The van der Waals surface area contributed by atoms with Crippen molar-refractivity contribution in [2.24, 2.45) is 0 Å². The summed E-state index contributed by atoms with van der Waals surface area (Å²) in [5, 5.41) is 5.38. The first kappa shape index (κ1) is 15.3. The van der Waals surface area contributed by atoms with E-state index in [0.29, 0.717) is 0 Å². The van der Waals surface area contributed by atoms with Gasteiger partial charge in [-0.1, -0.05) is 18.2 Å². The summed E-state index contributed by atoms with van der Waals surface area (Å²) in [6.45, 7) is 1.14. The Morgan fingerprint density at radius 2 is 1.79 bits per heavy atom. The largest absolute Gasteiger partial charge is 0.478 e. The molecule has 1 rings (SSSR count). The average Bonchev–Trinajstić information content (AvgIpc) is 2.36. The van der Waals surface area contributed by atoms with Gasteiger partial charge in [-0.05, 0) is 19.1 Å². The summed E-state index contributed by atoms with van der Waals surface area (Å²) >= 11 is 0. The van der Waals surface area contributed by atoms with Gasteiger partial charge in [-0.15, -0.1) is 0 Å². The van der Waals surface area contributed by atoms with Gasteiger partial charge in [0.15, 0.2) is 0 Å². The lowest BCUT2D eigenvalue weighted by Gasteiger charge is -2.20. The molecule has 19 heavy (non-hydrogen) atoms. The first-order valence-corrected chi connectivity index (χ1v) is 6.91. The van der Waals surface area contributed by atoms with Crippen LogP contribution >= 0.6 is 0 Å². The summed E-state index contributed by atoms with van der Waals surface area (Å²) < 4.78 is 38.5. The molecular formula is C12H13FO5S. The molecule has 5 nitrogen and oxygen atoms in total. The molecule has 0 bridgehead atoms. The van der Waals surface area contributed by atoms with Crippen LogP contribution in [-0.2, 0) is 19.4 Å². The molecule has 0 aliphatic heterocycles. The normalized spacial score (nSPS) is 14.6. The lowest BCUT2D eigenvalue weighted by Crippen LogP contribution is -2.42. The van der Waals surface area contributed by atoms with Crippen molar-refractivity contribution in [3.63, 3.8) is 0 Å². The minimum Gasteiger partial charge on any atom is -0.478 e. The first-order valence-electron chi connectivity index (χ1n) is 5.43. The SMILES string of the molecule is CC(=O)CCC(F)(C(=O)O)S(=O)(=O)c1ccccc1. The van der Waals surface area contributed by atoms with Gasteiger partial charge in [0.1, 0.15) is 5.78 Å². The predicted octanol–water partition coefficient (Wildman–Crippen LogP) is 1.58. The molecule has 0 saturated carbocycles. The number of aliphatic carboxylic acids is 1. The highest BCUT2D eigenvalue weighted by molar-refractivity contribution is 7.93. The molecule has 1 atom stereocenters. The molecule has 1 aromatic rings. The number of carboxylic acids is 1. The summed E-state index contributed by atoms with van der Waals surface area (Å²) in [7, 11) is -4.71. The first-order chi connectivity index (χ1) is 8.72. The zero-order valence-electron chi connectivity index (χ0n) is 10.2. The zero-order valence-corrected chi connectivity index (χ0v) is 11.0. The minimum atomic E-state index is -4.71. The highest BCUT2D eigenvalue weighted by Crippen LogP contribution is 2.32. The summed E-state index contributed by atoms with van der Waals surface area (Å²) in [4.78, 5) is 21.4. The number of carboxylic acid groups (broad SMARTS) is 1. The van der Waals surface area contributed by atoms with E-state index in [-0.39, 0.29) is 0 Å². The molecule has 0 spiro atoms. The van der Waals surface area contributed by atoms with Crippen molar-refractivity contribution in [2.75, 3.05) is 0 Å². The third kappa shape index (κ3) is 2.98. The topological polar surface area (TPSA) is 88.5 Å². The van der Waals surface area contributed by atoms with Crippen LogP contribution in [0.15, 0.2) is 35.2 Å². The molecule has 0 heterocycles. The maximum absolute atomic E-state index is 14.4. The van der Waals surface area contributed by atoms with Crippen LogP contribution in [0.5, 0.6) is 0 Å². The van der Waals surface area contributed by atoms with Crippen molar-refractivity contribution in [1.29, 1.82) is 0 Å². The lowest BCUT2D eigenvalue weighted by atomic mass is 10.1. The van der Waals surface area contributed by atoms with Gasteiger partial charge in [-0.2, -0.15) is 0 Å². The van der Waals surface area contributed by atoms with Crippen LogP contribution in [0.3, 0.4) is 0 Å². The van der Waals surface area contributed by atoms with E-state index < -0.39 is 44.3 Å². The van der Waals surface area contributed by atoms with Gasteiger partial charge in [0.25, 0.3) is 0 Å². The van der Waals surface area contributed by atoms with E-state index >= 15 is 0 Å². The van der Waals surface area contributed by atoms with Gasteiger partial charge in [-0.25, -0.2) is 17.6 Å². The Kier molecular flexibility index (Phi) is 4.41. The Bertz CT molecular complexity index is 581. The van der Waals surface area contributed by atoms with E-state index in [0.717, 1.165) is 19.1 Å². The maximum atomic E-state index is 14.4. The quantitative estimate of drug-likeness (QED) is 0.858. The third-order valence-corrected chi connectivity index (χ3v) is 4.72. The average molecular weight is 288 g/mol. The van der Waals surface area contributed by atoms with Crippen molar-refractivity contribution >= 4 is 21.6 Å². The molecule has 7 heteroatoms. The number of rotatable bonds is 6. The number of benzene rings is 1. The zero-order chi connectivity index (χ0) is 14.7. The smallest absolute Gasteiger partial charge is 0.357 e. The van der Waals surface area contributed by atoms with Crippen LogP contribution in [0.25, 0.3) is 0 Å². The summed E-state index contributed by atoms with van der Waals surface area (Å²) in [6.07, 6.45) is -1.37. The maximum Gasteiger partial charge on any atom is 0.357 e. The second-order valence-electron chi connectivity index (χ2n) is 4.05. The molecule has 1 N–H and O–H groups in total. The predicted molar refractivity (Wildman–Crippen MR) is 65.0 cm³/mol. The van der Waals surface area contributed by atoms with Crippen LogP contribution in [-0.4, -0.2) is 30.3 Å². The van der Waals surface area contributed by atoms with Crippen molar-refractivity contribution in [2.45, 2.75) is 29.7 Å². The van der Waals surface area contributed by atoms with E-state index in [4.69, 9.17) is 5.11 Å². The van der Waals surface area contributed by atoms with E-state index in [1.54, 1.807) is 0 Å². The Labute approximate surface area is 110 Å². The number of halogens is 1. The fourth-order valence-corrected chi connectivity index (χ4v) is 2.97. The second kappa shape index (κ2) is 5.48. The Hall–Kier alpha value is -1.76. The van der Waals surface area contributed by atoms with Crippen LogP contribution in [0.4, 0.5) is 4.39 Å². The molecule has 0 saturated heterocycles. The Balaban J connectivity index is 3.26. The highest BCUT2D eigenvalue weighted by Gasteiger charge is 2.52. The van der Waals surface area contributed by atoms with Crippen molar-refractivity contribution in [3.8, 4) is 0 Å². The number of Topliss-reactive ketones (excluding diaryl/α,β-unsaturated/α-hetero) is 1. The fraction of sp³-hybridized carbons (Fsp3) is 0.333. The van der Waals surface area contributed by atoms with E-state index in [9.17, 15) is 22.4 Å². The lowest BCUT2D eigenvalue weighted by molar-refractivity contribution is -0.145. The Morgan fingerprint density at radius 1 is 1.26 bits per heavy atom. The molecular weight excluding hydrogens is 275 g/mol. The van der Waals surface area contributed by atoms with E-state index in [2.05, 4.69) is 0 Å². The summed E-state index contributed by atoms with van der Waals surface area (Å²) in [6, 6.07) is 6.47. The summed E-state index contributed by atoms with van der Waals surface area (Å²) in [5.41, 5.74) is 0. The monoisotopic (exact) mass is 288 g/mol. The molecule has 0 radical (unpaired) electrons. The molecule has 1 aromatic carbocycles. The van der Waals surface area contributed by atoms with Gasteiger partial charge in [0.05, 0.1) is 4.90 Å². The number of sulfone groups is 1. The highest BCUT2D eigenvalue weighted by atomic mass is 32.2. The van der Waals surface area contributed by atoms with Crippen molar-refractivity contribution in [1.82, 2.24) is 0 Å². The second-order valence-corrected chi connectivity index (χ2v) is 6.18. The number of hydrogen-bond acceptors (Lipinski definition) is 4. The van der Waals surface area contributed by atoms with Crippen LogP contribution in [0.2, 0.25) is 0 Å². The Morgan fingerprint density at radius 3 is 2.21 bits per heavy atom. The number of carbonyl (C=O) groups excluding carboxylic acids is 1. The standard InChI is InChI=1S/C12H13FO5S/c1-9(14)7-8-12(13,11(15)16)19(17,18)10-5-3-2-4-6-10/h2-6H,7-8H2,1H3,(H,15,16). The number of hydrogen-bond donors (Lipinski definition) is 1. The van der Waals surface area contributed by atoms with Crippen LogP contribution in [0.1, 0.15) is 19.8 Å². The molecule has 1 unspecified atom stereocenters. The van der Waals surface area contributed by atoms with E-state index in [1.165, 1.54) is 18.2 Å². The van der Waals surface area contributed by atoms with E-state index in [1.807, 2.05) is 0 Å². The molecule has 0 aromatic heterocycles. The molecule has 0 fully saturated rings. The molecule has 0 aliphatic carbocycles. The molecule has 0 amide bonds. The van der Waals surface area contributed by atoms with Crippen LogP contribution in [0, 0.1) is 0 Å². The van der Waals surface area contributed by atoms with Crippen molar-refractivity contribution in [3.05, 3.63) is 30.3 Å². The van der Waals surface area contributed by atoms with Gasteiger partial charge in [0.2, 0.25) is 9.84 Å². The van der Waals surface area contributed by atoms with Crippen LogP contribution < -0.4 is 0 Å². The number of carbonyl (C=O) groups is 2. The van der Waals surface area contributed by atoms with Gasteiger partial charge in [-0.3, -0.25) is 0 Å². The fourth-order valence-electron chi connectivity index (χ4n) is 1.48. The third-order valence-electron chi connectivity index (χ3n) is 2.60. The van der Waals surface area contributed by atoms with Crippen molar-refractivity contribution < 1.29 is 27.5 Å².